The van der Waals surface area contributed by atoms with Crippen LogP contribution in [0.3, 0.4) is 0 Å². The summed E-state index contributed by atoms with van der Waals surface area (Å²) in [5.41, 5.74) is 5.73. The highest BCUT2D eigenvalue weighted by atomic mass is 16.3. The van der Waals surface area contributed by atoms with E-state index in [1.807, 2.05) is 37.1 Å². The lowest BCUT2D eigenvalue weighted by Gasteiger charge is -2.20. The Hall–Kier alpha value is -1.55. The van der Waals surface area contributed by atoms with Gasteiger partial charge >= 0.3 is 0 Å². The fourth-order valence-electron chi connectivity index (χ4n) is 1.85. The van der Waals surface area contributed by atoms with Gasteiger partial charge in [-0.05, 0) is 24.1 Å². The van der Waals surface area contributed by atoms with Crippen molar-refractivity contribution in [3.8, 4) is 0 Å². The summed E-state index contributed by atoms with van der Waals surface area (Å²) in [7, 11) is 0. The number of hydrogen-bond acceptors (Lipinski definition) is 3. The van der Waals surface area contributed by atoms with Crippen molar-refractivity contribution < 1.29 is 9.90 Å². The average Bonchev–Trinajstić information content (AvgIpc) is 2.60. The molecular weight excluding hydrogens is 204 g/mol. The summed E-state index contributed by atoms with van der Waals surface area (Å²) < 4.78 is 0. The van der Waals surface area contributed by atoms with Crippen LogP contribution < -0.4 is 10.4 Å². The quantitative estimate of drug-likeness (QED) is 0.781. The number of amides is 1. The van der Waals surface area contributed by atoms with Gasteiger partial charge in [0.15, 0.2) is 0 Å². The van der Waals surface area contributed by atoms with Gasteiger partial charge in [0, 0.05) is 0 Å². The third kappa shape index (κ3) is 1.88. The van der Waals surface area contributed by atoms with Gasteiger partial charge < -0.3 is 5.11 Å². The van der Waals surface area contributed by atoms with Crippen LogP contribution in [0, 0.1) is 12.8 Å². The molecule has 2 N–H and O–H groups in total. The number of aryl methyl sites for hydroxylation is 1. The highest BCUT2D eigenvalue weighted by Crippen LogP contribution is 2.24. The van der Waals surface area contributed by atoms with Gasteiger partial charge in [0.05, 0.1) is 24.8 Å². The number of carbonyl (C=O) groups is 1. The fourth-order valence-corrected chi connectivity index (χ4v) is 1.85. The van der Waals surface area contributed by atoms with E-state index in [0.717, 1.165) is 16.8 Å². The summed E-state index contributed by atoms with van der Waals surface area (Å²) in [4.78, 5) is 11.4. The van der Waals surface area contributed by atoms with Crippen molar-refractivity contribution in [2.45, 2.75) is 20.5 Å². The number of benzene rings is 1. The number of carbonyl (C=O) groups excluding carboxylic acids is 1. The molecule has 1 aromatic rings. The van der Waals surface area contributed by atoms with E-state index in [1.165, 1.54) is 0 Å². The fraction of sp³-hybridized carbons (Fsp3) is 0.417. The molecule has 1 unspecified atom stereocenters. The lowest BCUT2D eigenvalue weighted by molar-refractivity contribution is -0.121. The Kier molecular flexibility index (Phi) is 2.83. The summed E-state index contributed by atoms with van der Waals surface area (Å²) in [5, 5.41) is 10.9. The van der Waals surface area contributed by atoms with Crippen LogP contribution in [0.1, 0.15) is 18.1 Å². The first-order chi connectivity index (χ1) is 7.61. The molecule has 1 aliphatic rings. The molecular formula is C12H16N2O2. The molecule has 0 spiro atoms. The molecule has 1 amide bonds. The zero-order valence-corrected chi connectivity index (χ0v) is 9.53. The zero-order chi connectivity index (χ0) is 11.7. The Balaban J connectivity index is 2.30. The van der Waals surface area contributed by atoms with Crippen molar-refractivity contribution in [1.29, 1.82) is 0 Å². The van der Waals surface area contributed by atoms with Crippen LogP contribution in [0.15, 0.2) is 18.2 Å². The van der Waals surface area contributed by atoms with Crippen molar-refractivity contribution in [2.75, 3.05) is 11.6 Å². The standard InChI is InChI=1S/C12H16N2O2/c1-8-3-4-10(7-15)5-11(8)14-6-9(2)12(16)13-14/h3-5,9,15H,6-7H2,1-2H3,(H,13,16). The Morgan fingerprint density at radius 1 is 1.56 bits per heavy atom. The van der Waals surface area contributed by atoms with E-state index in [0.29, 0.717) is 6.54 Å². The largest absolute Gasteiger partial charge is 0.392 e. The predicted octanol–water partition coefficient (Wildman–Crippen LogP) is 0.975. The van der Waals surface area contributed by atoms with Crippen LogP contribution >= 0.6 is 0 Å². The molecule has 4 heteroatoms. The topological polar surface area (TPSA) is 52.6 Å². The van der Waals surface area contributed by atoms with E-state index in [4.69, 9.17) is 5.11 Å². The molecule has 1 fully saturated rings. The van der Waals surface area contributed by atoms with E-state index in [9.17, 15) is 4.79 Å². The number of aliphatic hydroxyl groups is 1. The van der Waals surface area contributed by atoms with Crippen LogP contribution in [0.4, 0.5) is 5.69 Å². The van der Waals surface area contributed by atoms with Gasteiger partial charge in [-0.25, -0.2) is 0 Å². The van der Waals surface area contributed by atoms with Gasteiger partial charge in [0.1, 0.15) is 0 Å². The average molecular weight is 220 g/mol. The van der Waals surface area contributed by atoms with Crippen molar-refractivity contribution >= 4 is 11.6 Å². The molecule has 1 aromatic carbocycles. The van der Waals surface area contributed by atoms with Gasteiger partial charge in [0.25, 0.3) is 0 Å². The van der Waals surface area contributed by atoms with Crippen molar-refractivity contribution in [3.63, 3.8) is 0 Å². The molecule has 1 saturated heterocycles. The molecule has 86 valence electrons. The minimum Gasteiger partial charge on any atom is -0.392 e. The second-order valence-corrected chi connectivity index (χ2v) is 4.27. The Labute approximate surface area is 94.9 Å². The van der Waals surface area contributed by atoms with Gasteiger partial charge in [0.2, 0.25) is 5.91 Å². The summed E-state index contributed by atoms with van der Waals surface area (Å²) >= 11 is 0. The third-order valence-electron chi connectivity index (χ3n) is 2.90. The molecule has 1 heterocycles. The van der Waals surface area contributed by atoms with Crippen molar-refractivity contribution in [1.82, 2.24) is 5.43 Å². The van der Waals surface area contributed by atoms with Gasteiger partial charge in [-0.15, -0.1) is 0 Å². The number of nitrogens with one attached hydrogen (secondary N) is 1. The molecule has 0 saturated carbocycles. The maximum Gasteiger partial charge on any atom is 0.243 e. The van der Waals surface area contributed by atoms with Gasteiger partial charge in [-0.3, -0.25) is 15.2 Å². The minimum atomic E-state index is 0.0113. The van der Waals surface area contributed by atoms with Crippen molar-refractivity contribution in [3.05, 3.63) is 29.3 Å². The summed E-state index contributed by atoms with van der Waals surface area (Å²) in [6.45, 7) is 4.59. The first-order valence-electron chi connectivity index (χ1n) is 5.40. The first-order valence-corrected chi connectivity index (χ1v) is 5.40. The predicted molar refractivity (Wildman–Crippen MR) is 61.8 cm³/mol. The smallest absolute Gasteiger partial charge is 0.243 e. The van der Waals surface area contributed by atoms with E-state index >= 15 is 0 Å². The summed E-state index contributed by atoms with van der Waals surface area (Å²) in [5.74, 6) is 0.0611. The van der Waals surface area contributed by atoms with Crippen LogP contribution in [0.5, 0.6) is 0 Å². The van der Waals surface area contributed by atoms with Crippen LogP contribution in [-0.2, 0) is 11.4 Å². The minimum absolute atomic E-state index is 0.0113. The summed E-state index contributed by atoms with van der Waals surface area (Å²) in [6, 6.07) is 5.75. The monoisotopic (exact) mass is 220 g/mol. The van der Waals surface area contributed by atoms with E-state index in [1.54, 1.807) is 0 Å². The summed E-state index contributed by atoms with van der Waals surface area (Å²) in [6.07, 6.45) is 0. The second-order valence-electron chi connectivity index (χ2n) is 4.27. The Morgan fingerprint density at radius 3 is 2.88 bits per heavy atom. The van der Waals surface area contributed by atoms with Crippen molar-refractivity contribution in [2.24, 2.45) is 5.92 Å². The maximum absolute atomic E-state index is 11.4. The van der Waals surface area contributed by atoms with Crippen LogP contribution in [0.25, 0.3) is 0 Å². The number of aliphatic hydroxyl groups excluding tert-OH is 1. The molecule has 1 atom stereocenters. The number of anilines is 1. The lowest BCUT2D eigenvalue weighted by Crippen LogP contribution is -2.33. The molecule has 16 heavy (non-hydrogen) atoms. The highest BCUT2D eigenvalue weighted by molar-refractivity contribution is 5.84. The van der Waals surface area contributed by atoms with Gasteiger partial charge in [-0.1, -0.05) is 19.1 Å². The molecule has 2 rings (SSSR count). The normalized spacial score (nSPS) is 20.1. The molecule has 0 bridgehead atoms. The number of hydrogen-bond donors (Lipinski definition) is 2. The highest BCUT2D eigenvalue weighted by Gasteiger charge is 2.27. The molecule has 0 aliphatic carbocycles. The van der Waals surface area contributed by atoms with E-state index in [-0.39, 0.29) is 18.4 Å². The number of rotatable bonds is 2. The molecule has 4 nitrogen and oxygen atoms in total. The molecule has 1 aliphatic heterocycles. The first kappa shape index (κ1) is 11.0. The van der Waals surface area contributed by atoms with Crippen LogP contribution in [0.2, 0.25) is 0 Å². The second kappa shape index (κ2) is 4.14. The Morgan fingerprint density at radius 2 is 2.31 bits per heavy atom. The number of hydrazine groups is 1. The number of nitrogens with zero attached hydrogens (tertiary/aromatic N) is 1. The zero-order valence-electron chi connectivity index (χ0n) is 9.53. The van der Waals surface area contributed by atoms with E-state index < -0.39 is 0 Å². The molecule has 0 radical (unpaired) electrons. The molecule has 0 aromatic heterocycles. The van der Waals surface area contributed by atoms with E-state index in [2.05, 4.69) is 5.43 Å². The van der Waals surface area contributed by atoms with Crippen LogP contribution in [-0.4, -0.2) is 17.6 Å². The lowest BCUT2D eigenvalue weighted by atomic mass is 10.1. The SMILES string of the molecule is Cc1ccc(CO)cc1N1CC(C)C(=O)N1. The maximum atomic E-state index is 11.4. The Bertz CT molecular complexity index is 417. The third-order valence-corrected chi connectivity index (χ3v) is 2.90. The van der Waals surface area contributed by atoms with Gasteiger partial charge in [-0.2, -0.15) is 0 Å².